The Hall–Kier alpha value is -15.8. The van der Waals surface area contributed by atoms with Crippen LogP contribution in [0.1, 0.15) is 42.0 Å². The lowest BCUT2D eigenvalue weighted by Gasteiger charge is -2.40. The van der Waals surface area contributed by atoms with Gasteiger partial charge in [0.15, 0.2) is 28.7 Å². The van der Waals surface area contributed by atoms with E-state index in [0.29, 0.717) is 41.0 Å². The van der Waals surface area contributed by atoms with Crippen LogP contribution in [0.3, 0.4) is 0 Å². The molecule has 0 aromatic heterocycles. The first-order valence-corrected chi connectivity index (χ1v) is 41.0. The van der Waals surface area contributed by atoms with E-state index in [-0.39, 0.29) is 17.4 Å². The van der Waals surface area contributed by atoms with Gasteiger partial charge in [-0.25, -0.2) is 0 Å². The molecule has 6 aliphatic rings. The third kappa shape index (κ3) is 10.3. The molecule has 2 atom stereocenters. The van der Waals surface area contributed by atoms with Crippen molar-refractivity contribution in [1.82, 2.24) is 5.48 Å². The quantitative estimate of drug-likeness (QED) is 0.0257. The van der Waals surface area contributed by atoms with Crippen molar-refractivity contribution in [2.24, 2.45) is 44.5 Å². The third-order valence-electron chi connectivity index (χ3n) is 26.2. The van der Waals surface area contributed by atoms with Crippen LogP contribution in [0.25, 0.3) is 204 Å². The van der Waals surface area contributed by atoms with Crippen LogP contribution in [-0.2, 0) is 0 Å². The molecule has 124 heavy (non-hydrogen) atoms. The maximum absolute atomic E-state index is 6.23. The van der Waals surface area contributed by atoms with E-state index in [2.05, 4.69) is 291 Å². The van der Waals surface area contributed by atoms with Crippen molar-refractivity contribution in [2.45, 2.75) is 19.8 Å². The van der Waals surface area contributed by atoms with E-state index in [1.807, 2.05) is 61.5 Å². The van der Waals surface area contributed by atoms with Gasteiger partial charge < -0.3 is 38.7 Å². The molecular weight excluding hydrogens is 1540 g/mol. The standard InChI is InChI=1S/C108H74N8O8/c1-6-116-124-83-49-37-62(52-86(83)120-112)95-67-33-21-22-34-68(67)96(64-38-50-84(121-113-3)88(54-64)123-115-5)104-74-44-46-80-106-92(60-29-17-10-18-30-60)78-55-75-76(56-77(78)91(59-27-15-9-16-28-59)105(106)79-45-43-73(103(95)104)107(74)108(79,80)2)90(58-25-13-8-14-26-58)100-70-40-42-72-98-71(41-39-69(97(70)98)99(100)89(75)57-23-11-7-12-24-57)101-93(61-35-47-81(117-109)85(51-61)119-111)65-31-19-20-32-66(65)94(102(72)101)63-36-48-82(118-110)87(53-63)122-114-4/h7-56,79,116H,3-6,109-112H2,1-2H3. The van der Waals surface area contributed by atoms with Crippen LogP contribution in [0.2, 0.25) is 0 Å². The van der Waals surface area contributed by atoms with Gasteiger partial charge in [-0.2, -0.15) is 29.1 Å². The second-order valence-corrected chi connectivity index (χ2v) is 32.0. The highest BCUT2D eigenvalue weighted by molar-refractivity contribution is 6.37. The minimum Gasteiger partial charge on any atom is -0.407 e. The smallest absolute Gasteiger partial charge is 0.203 e. The van der Waals surface area contributed by atoms with Crippen LogP contribution in [0.4, 0.5) is 0 Å². The van der Waals surface area contributed by atoms with E-state index in [1.54, 1.807) is 6.07 Å². The van der Waals surface area contributed by atoms with Crippen molar-refractivity contribution in [1.29, 1.82) is 0 Å². The summed E-state index contributed by atoms with van der Waals surface area (Å²) in [5, 5.41) is 22.2. The highest BCUT2D eigenvalue weighted by Gasteiger charge is 2.57. The first-order chi connectivity index (χ1) is 61.1. The van der Waals surface area contributed by atoms with Crippen molar-refractivity contribution < 1.29 is 38.7 Å². The molecule has 0 spiro atoms. The number of benzene rings is 17. The van der Waals surface area contributed by atoms with E-state index >= 15 is 0 Å². The predicted molar refractivity (Wildman–Crippen MR) is 500 cm³/mol. The Balaban J connectivity index is 0.827. The monoisotopic (exact) mass is 1610 g/mol. The normalized spacial score (nSPS) is 14.8. The zero-order chi connectivity index (χ0) is 83.5. The van der Waals surface area contributed by atoms with Gasteiger partial charge >= 0.3 is 0 Å². The number of oxime groups is 3. The fraction of sp³-hybridized carbons (Fsp3) is 0.0463. The topological polar surface area (TPSA) is 227 Å². The number of hydrogen-bond donors (Lipinski definition) is 5. The van der Waals surface area contributed by atoms with Gasteiger partial charge in [0.05, 0.1) is 0 Å². The lowest BCUT2D eigenvalue weighted by molar-refractivity contribution is 0.188. The highest BCUT2D eigenvalue weighted by atomic mass is 16.7. The molecule has 2 unspecified atom stereocenters. The minimum atomic E-state index is -0.691. The Morgan fingerprint density at radius 1 is 0.323 bits per heavy atom. The number of rotatable bonds is 21. The van der Waals surface area contributed by atoms with Crippen LogP contribution >= 0.6 is 0 Å². The molecule has 0 fully saturated rings. The van der Waals surface area contributed by atoms with Gasteiger partial charge in [-0.15, -0.1) is 0 Å². The predicted octanol–water partition coefficient (Wildman–Crippen LogP) is 24.9. The summed E-state index contributed by atoms with van der Waals surface area (Å²) < 4.78 is 0. The Bertz CT molecular complexity index is 7750. The van der Waals surface area contributed by atoms with E-state index in [9.17, 15) is 0 Å². The fourth-order valence-corrected chi connectivity index (χ4v) is 21.6. The molecule has 0 aliphatic heterocycles. The lowest BCUT2D eigenvalue weighted by Crippen LogP contribution is -2.27. The Kier molecular flexibility index (Phi) is 16.8. The Labute approximate surface area is 712 Å². The van der Waals surface area contributed by atoms with Crippen LogP contribution < -0.4 is 67.8 Å². The zero-order valence-corrected chi connectivity index (χ0v) is 67.2. The average molecular weight is 1610 g/mol. The zero-order valence-electron chi connectivity index (χ0n) is 67.2. The van der Waals surface area contributed by atoms with Crippen molar-refractivity contribution in [3.63, 3.8) is 0 Å². The number of allylic oxidation sites excluding steroid dienone is 8. The van der Waals surface area contributed by atoms with Crippen molar-refractivity contribution in [3.8, 4) is 180 Å². The number of hydrogen-bond acceptors (Lipinski definition) is 16. The van der Waals surface area contributed by atoms with Gasteiger partial charge in [-0.3, -0.25) is 0 Å². The molecular formula is C108H74N8O8. The Morgan fingerprint density at radius 3 is 1.10 bits per heavy atom. The molecule has 0 saturated heterocycles. The summed E-state index contributed by atoms with van der Waals surface area (Å²) in [4.78, 5) is 45.6. The number of nitrogens with one attached hydrogen (secondary N) is 1. The molecule has 0 amide bonds. The molecule has 17 aromatic rings. The molecule has 16 nitrogen and oxygen atoms in total. The second-order valence-electron chi connectivity index (χ2n) is 32.0. The molecule has 17 aromatic carbocycles. The highest BCUT2D eigenvalue weighted by Crippen LogP contribution is 2.74. The summed E-state index contributed by atoms with van der Waals surface area (Å²) in [6, 6.07) is 99.1. The van der Waals surface area contributed by atoms with Gasteiger partial charge in [-0.05, 0) is 300 Å². The molecule has 23 rings (SSSR count). The van der Waals surface area contributed by atoms with Gasteiger partial charge in [0.25, 0.3) is 0 Å². The summed E-state index contributed by atoms with van der Waals surface area (Å²) in [7, 11) is 0. The minimum absolute atomic E-state index is 0.207. The van der Waals surface area contributed by atoms with Crippen LogP contribution in [-0.4, -0.2) is 26.7 Å². The van der Waals surface area contributed by atoms with Crippen LogP contribution in [0, 0.1) is 5.41 Å². The van der Waals surface area contributed by atoms with E-state index in [0.717, 1.165) is 204 Å². The molecule has 594 valence electrons. The van der Waals surface area contributed by atoms with E-state index in [1.165, 1.54) is 27.8 Å². The molecule has 0 bridgehead atoms. The molecule has 0 radical (unpaired) electrons. The van der Waals surface area contributed by atoms with Crippen molar-refractivity contribution in [3.05, 3.63) is 331 Å². The molecule has 16 heteroatoms. The van der Waals surface area contributed by atoms with E-state index < -0.39 is 5.41 Å². The maximum atomic E-state index is 6.23. The van der Waals surface area contributed by atoms with Crippen molar-refractivity contribution >= 4 is 90.7 Å². The number of nitrogens with two attached hydrogens (primary N) is 4. The SMILES string of the molecule is C=NOc1cc(-c2c3c(c(-c4ccc(ON)c(ON)c4)c4ccccc24)-c2ccc4c5c(ccc-3c25)-c2c-4c(-c3ccccc3)c3cc4c(-c5ccccc5)c5c(c(-c6ccccc6)c4cc3c2-c2ccccc2)C2C=CC3=C4C(=CC=C5C42C)c2c3c(-c3ccc(ONCC)c(ON)c3)c3ccccc3c2-c2ccc(ON=C)c(ON=C)c2)ccc1ON. The largest absolute Gasteiger partial charge is 0.407 e. The number of fused-ring (bicyclic) bond motifs is 16. The van der Waals surface area contributed by atoms with Gasteiger partial charge in [-0.1, -0.05) is 265 Å². The first-order valence-electron chi connectivity index (χ1n) is 41.0. The lowest BCUT2D eigenvalue weighted by atomic mass is 9.62. The van der Waals surface area contributed by atoms with Crippen LogP contribution in [0.15, 0.2) is 324 Å². The maximum Gasteiger partial charge on any atom is 0.203 e. The third-order valence-corrected chi connectivity index (χ3v) is 26.2. The average Bonchev–Trinajstić information content (AvgIpc) is 1.50. The van der Waals surface area contributed by atoms with E-state index in [4.69, 9.17) is 62.3 Å². The summed E-state index contributed by atoms with van der Waals surface area (Å²) in [5.41, 5.74) is 36.6. The first kappa shape index (κ1) is 73.4. The Morgan fingerprint density at radius 2 is 0.669 bits per heavy atom. The van der Waals surface area contributed by atoms with Gasteiger partial charge in [0, 0.05) is 38.0 Å². The summed E-state index contributed by atoms with van der Waals surface area (Å²) >= 11 is 0. The molecule has 6 aliphatic carbocycles. The number of nitrogens with zero attached hydrogens (tertiary/aromatic N) is 3. The molecule has 9 N–H and O–H groups in total. The van der Waals surface area contributed by atoms with Crippen LogP contribution in [0.5, 0.6) is 46.0 Å². The molecule has 0 saturated carbocycles. The summed E-state index contributed by atoms with van der Waals surface area (Å²) in [5.74, 6) is 26.6. The van der Waals surface area contributed by atoms with Gasteiger partial charge in [0.1, 0.15) is 0 Å². The second kappa shape index (κ2) is 28.4. The fourth-order valence-electron chi connectivity index (χ4n) is 21.6. The van der Waals surface area contributed by atoms with Gasteiger partial charge in [0.2, 0.25) is 17.2 Å². The summed E-state index contributed by atoms with van der Waals surface area (Å²) in [6.45, 7) is 16.1. The van der Waals surface area contributed by atoms with Crippen molar-refractivity contribution in [2.75, 3.05) is 6.54 Å². The molecule has 0 heterocycles. The number of hydroxylamine groups is 1. The summed E-state index contributed by atoms with van der Waals surface area (Å²) in [6.07, 6.45) is 9.75.